The largest absolute Gasteiger partial charge is 0.490 e. The van der Waals surface area contributed by atoms with E-state index < -0.39 is 0 Å². The summed E-state index contributed by atoms with van der Waals surface area (Å²) in [5.74, 6) is 1.38. The summed E-state index contributed by atoms with van der Waals surface area (Å²) in [5, 5.41) is 3.10. The Morgan fingerprint density at radius 2 is 1.75 bits per heavy atom. The van der Waals surface area contributed by atoms with E-state index in [1.54, 1.807) is 23.9 Å². The van der Waals surface area contributed by atoms with Crippen molar-refractivity contribution in [3.8, 4) is 11.5 Å². The first-order valence-electron chi connectivity index (χ1n) is 10.0. The summed E-state index contributed by atoms with van der Waals surface area (Å²) in [7, 11) is 3.49. The van der Waals surface area contributed by atoms with Crippen LogP contribution in [-0.4, -0.2) is 62.1 Å². The standard InChI is InChI=1S/C21H33N3O4/c1-6-27-18-9-8-17(14-19(18)28-7-2)15(3)22-20(25)16-10-12-24(13-11-16)21(26)23(4)5/h8-9,14-16H,6-7,10-13H2,1-5H3,(H,22,25). The Morgan fingerprint density at radius 1 is 1.14 bits per heavy atom. The molecule has 1 aliphatic heterocycles. The van der Waals surface area contributed by atoms with Crippen LogP contribution in [-0.2, 0) is 4.79 Å². The number of carbonyl (C=O) groups excluding carboxylic acids is 2. The van der Waals surface area contributed by atoms with Crippen molar-refractivity contribution in [2.24, 2.45) is 5.92 Å². The normalized spacial score (nSPS) is 15.7. The maximum Gasteiger partial charge on any atom is 0.319 e. The minimum absolute atomic E-state index is 0.00469. The molecule has 1 aromatic rings. The van der Waals surface area contributed by atoms with Gasteiger partial charge in [-0.2, -0.15) is 0 Å². The highest BCUT2D eigenvalue weighted by molar-refractivity contribution is 5.80. The van der Waals surface area contributed by atoms with Crippen LogP contribution in [0.5, 0.6) is 11.5 Å². The van der Waals surface area contributed by atoms with Gasteiger partial charge < -0.3 is 24.6 Å². The minimum Gasteiger partial charge on any atom is -0.490 e. The predicted octanol–water partition coefficient (Wildman–Crippen LogP) is 3.05. The number of hydrogen-bond acceptors (Lipinski definition) is 4. The number of nitrogens with one attached hydrogen (secondary N) is 1. The molecule has 1 heterocycles. The van der Waals surface area contributed by atoms with Crippen LogP contribution < -0.4 is 14.8 Å². The van der Waals surface area contributed by atoms with E-state index in [9.17, 15) is 9.59 Å². The van der Waals surface area contributed by atoms with Crippen LogP contribution in [0, 0.1) is 5.92 Å². The van der Waals surface area contributed by atoms with Crippen molar-refractivity contribution in [2.75, 3.05) is 40.4 Å². The highest BCUT2D eigenvalue weighted by atomic mass is 16.5. The summed E-state index contributed by atoms with van der Waals surface area (Å²) >= 11 is 0. The summed E-state index contributed by atoms with van der Waals surface area (Å²) < 4.78 is 11.3. The van der Waals surface area contributed by atoms with Gasteiger partial charge in [0.1, 0.15) is 0 Å². The highest BCUT2D eigenvalue weighted by Crippen LogP contribution is 2.31. The Kier molecular flexibility index (Phi) is 7.96. The van der Waals surface area contributed by atoms with Crippen molar-refractivity contribution in [3.63, 3.8) is 0 Å². The van der Waals surface area contributed by atoms with Crippen molar-refractivity contribution in [1.82, 2.24) is 15.1 Å². The number of carbonyl (C=O) groups is 2. The molecule has 1 fully saturated rings. The fourth-order valence-electron chi connectivity index (χ4n) is 3.37. The van der Waals surface area contributed by atoms with Gasteiger partial charge in [-0.15, -0.1) is 0 Å². The van der Waals surface area contributed by atoms with Crippen molar-refractivity contribution in [3.05, 3.63) is 23.8 Å². The number of nitrogens with zero attached hydrogens (tertiary/aromatic N) is 2. The fraction of sp³-hybridized carbons (Fsp3) is 0.619. The lowest BCUT2D eigenvalue weighted by atomic mass is 9.95. The molecule has 1 saturated heterocycles. The van der Waals surface area contributed by atoms with Crippen molar-refractivity contribution in [1.29, 1.82) is 0 Å². The Morgan fingerprint density at radius 3 is 2.32 bits per heavy atom. The lowest BCUT2D eigenvalue weighted by molar-refractivity contribution is -0.126. The molecule has 28 heavy (non-hydrogen) atoms. The van der Waals surface area contributed by atoms with E-state index in [2.05, 4.69) is 5.32 Å². The van der Waals surface area contributed by atoms with E-state index in [1.165, 1.54) is 0 Å². The summed E-state index contributed by atoms with van der Waals surface area (Å²) in [4.78, 5) is 28.1. The lowest BCUT2D eigenvalue weighted by Gasteiger charge is -2.33. The highest BCUT2D eigenvalue weighted by Gasteiger charge is 2.28. The summed E-state index contributed by atoms with van der Waals surface area (Å²) in [6.45, 7) is 8.18. The minimum atomic E-state index is -0.135. The molecule has 7 heteroatoms. The molecule has 0 bridgehead atoms. The number of ether oxygens (including phenoxy) is 2. The summed E-state index contributed by atoms with van der Waals surface area (Å²) in [6, 6.07) is 5.64. The topological polar surface area (TPSA) is 71.1 Å². The maximum atomic E-state index is 12.7. The van der Waals surface area contributed by atoms with Crippen LogP contribution in [0.2, 0.25) is 0 Å². The number of amides is 3. The van der Waals surface area contributed by atoms with Crippen LogP contribution in [0.1, 0.15) is 45.2 Å². The molecule has 1 N–H and O–H groups in total. The number of urea groups is 1. The molecule has 1 aromatic carbocycles. The number of hydrogen-bond donors (Lipinski definition) is 1. The van der Waals surface area contributed by atoms with E-state index in [0.29, 0.717) is 50.6 Å². The molecule has 156 valence electrons. The molecule has 1 unspecified atom stereocenters. The van der Waals surface area contributed by atoms with E-state index in [-0.39, 0.29) is 23.9 Å². The van der Waals surface area contributed by atoms with E-state index in [1.807, 2.05) is 39.0 Å². The molecule has 7 nitrogen and oxygen atoms in total. The molecule has 3 amide bonds. The van der Waals surface area contributed by atoms with E-state index in [0.717, 1.165) is 5.56 Å². The van der Waals surface area contributed by atoms with Crippen LogP contribution in [0.4, 0.5) is 4.79 Å². The number of piperidine rings is 1. The average Bonchev–Trinajstić information content (AvgIpc) is 2.69. The zero-order chi connectivity index (χ0) is 20.7. The molecule has 1 aliphatic rings. The van der Waals surface area contributed by atoms with Gasteiger partial charge >= 0.3 is 6.03 Å². The smallest absolute Gasteiger partial charge is 0.319 e. The first-order chi connectivity index (χ1) is 13.4. The Balaban J connectivity index is 1.95. The van der Waals surface area contributed by atoms with Crippen molar-refractivity contribution >= 4 is 11.9 Å². The fourth-order valence-corrected chi connectivity index (χ4v) is 3.37. The van der Waals surface area contributed by atoms with Crippen LogP contribution in [0.3, 0.4) is 0 Å². The number of likely N-dealkylation sites (tertiary alicyclic amines) is 1. The molecule has 0 aromatic heterocycles. The second-order valence-corrected chi connectivity index (χ2v) is 7.24. The number of benzene rings is 1. The van der Waals surface area contributed by atoms with Crippen molar-refractivity contribution in [2.45, 2.75) is 39.7 Å². The zero-order valence-electron chi connectivity index (χ0n) is 17.7. The predicted molar refractivity (Wildman–Crippen MR) is 109 cm³/mol. The Bertz CT molecular complexity index is 670. The first kappa shape index (κ1) is 21.9. The lowest BCUT2D eigenvalue weighted by Crippen LogP contribution is -2.46. The number of rotatable bonds is 7. The quantitative estimate of drug-likeness (QED) is 0.775. The molecule has 1 atom stereocenters. The molecule has 2 rings (SSSR count). The van der Waals surface area contributed by atoms with Gasteiger partial charge in [0.05, 0.1) is 19.3 Å². The van der Waals surface area contributed by atoms with Crippen LogP contribution in [0.15, 0.2) is 18.2 Å². The second kappa shape index (κ2) is 10.2. The Hall–Kier alpha value is -2.44. The summed E-state index contributed by atoms with van der Waals surface area (Å²) in [5.41, 5.74) is 0.973. The monoisotopic (exact) mass is 391 g/mol. The summed E-state index contributed by atoms with van der Waals surface area (Å²) in [6.07, 6.45) is 1.37. The Labute approximate surface area is 168 Å². The van der Waals surface area contributed by atoms with Gasteiger partial charge in [-0.05, 0) is 51.3 Å². The van der Waals surface area contributed by atoms with Gasteiger partial charge in [-0.1, -0.05) is 6.07 Å². The second-order valence-electron chi connectivity index (χ2n) is 7.24. The maximum absolute atomic E-state index is 12.7. The molecular formula is C21H33N3O4. The molecule has 0 saturated carbocycles. The van der Waals surface area contributed by atoms with Gasteiger partial charge in [0, 0.05) is 33.1 Å². The van der Waals surface area contributed by atoms with Gasteiger partial charge in [-0.25, -0.2) is 4.79 Å². The van der Waals surface area contributed by atoms with Gasteiger partial charge in [0.25, 0.3) is 0 Å². The van der Waals surface area contributed by atoms with Gasteiger partial charge in [-0.3, -0.25) is 4.79 Å². The third-order valence-electron chi connectivity index (χ3n) is 4.95. The van der Waals surface area contributed by atoms with Gasteiger partial charge in [0.15, 0.2) is 11.5 Å². The van der Waals surface area contributed by atoms with Crippen LogP contribution in [0.25, 0.3) is 0 Å². The van der Waals surface area contributed by atoms with Gasteiger partial charge in [0.2, 0.25) is 5.91 Å². The third kappa shape index (κ3) is 5.53. The SMILES string of the molecule is CCOc1ccc(C(C)NC(=O)C2CCN(C(=O)N(C)C)CC2)cc1OCC. The third-order valence-corrected chi connectivity index (χ3v) is 4.95. The van der Waals surface area contributed by atoms with E-state index >= 15 is 0 Å². The molecular weight excluding hydrogens is 358 g/mol. The molecule has 0 aliphatic carbocycles. The first-order valence-corrected chi connectivity index (χ1v) is 10.0. The molecule has 0 radical (unpaired) electrons. The van der Waals surface area contributed by atoms with Crippen molar-refractivity contribution < 1.29 is 19.1 Å². The zero-order valence-corrected chi connectivity index (χ0v) is 17.7. The van der Waals surface area contributed by atoms with E-state index in [4.69, 9.17) is 9.47 Å². The van der Waals surface area contributed by atoms with Crippen LogP contribution >= 0.6 is 0 Å². The molecule has 0 spiro atoms. The average molecular weight is 392 g/mol.